The van der Waals surface area contributed by atoms with Crippen molar-refractivity contribution in [1.29, 1.82) is 0 Å². The third-order valence-electron chi connectivity index (χ3n) is 3.55. The maximum Gasteiger partial charge on any atom is 0.229 e. The maximum atomic E-state index is 12.2. The van der Waals surface area contributed by atoms with Crippen LogP contribution in [0.5, 0.6) is 0 Å². The Labute approximate surface area is 102 Å². The smallest absolute Gasteiger partial charge is 0.229 e. The maximum absolute atomic E-state index is 12.2. The molecular weight excluding hydrogens is 214 g/mol. The Morgan fingerprint density at radius 2 is 2.41 bits per heavy atom. The normalized spacial score (nSPS) is 24.0. The van der Waals surface area contributed by atoms with Crippen molar-refractivity contribution in [2.24, 2.45) is 5.73 Å². The predicted octanol–water partition coefficient (Wildman–Crippen LogP) is 0.964. The van der Waals surface area contributed by atoms with Crippen molar-refractivity contribution < 1.29 is 4.79 Å². The summed E-state index contributed by atoms with van der Waals surface area (Å²) >= 11 is 0. The van der Waals surface area contributed by atoms with Crippen molar-refractivity contribution in [3.05, 3.63) is 30.1 Å². The highest BCUT2D eigenvalue weighted by atomic mass is 16.2. The second-order valence-electron chi connectivity index (χ2n) is 4.85. The molecule has 1 unspecified atom stereocenters. The highest BCUT2D eigenvalue weighted by molar-refractivity contribution is 5.79. The number of nitrogens with two attached hydrogens (primary N) is 1. The van der Waals surface area contributed by atoms with Crippen LogP contribution in [0.1, 0.15) is 25.5 Å². The van der Waals surface area contributed by atoms with E-state index >= 15 is 0 Å². The van der Waals surface area contributed by atoms with Gasteiger partial charge >= 0.3 is 0 Å². The zero-order chi connectivity index (χ0) is 12.3. The Bertz CT molecular complexity index is 393. The molecule has 1 aromatic heterocycles. The molecule has 1 aromatic rings. The molecule has 17 heavy (non-hydrogen) atoms. The van der Waals surface area contributed by atoms with Crippen molar-refractivity contribution >= 4 is 5.91 Å². The summed E-state index contributed by atoms with van der Waals surface area (Å²) in [6.45, 7) is 3.41. The third kappa shape index (κ3) is 2.47. The van der Waals surface area contributed by atoms with E-state index in [2.05, 4.69) is 11.9 Å². The van der Waals surface area contributed by atoms with Gasteiger partial charge in [0, 0.05) is 25.0 Å². The van der Waals surface area contributed by atoms with E-state index < -0.39 is 0 Å². The van der Waals surface area contributed by atoms with E-state index in [9.17, 15) is 4.79 Å². The van der Waals surface area contributed by atoms with Gasteiger partial charge in [0.2, 0.25) is 5.91 Å². The second-order valence-corrected chi connectivity index (χ2v) is 4.85. The number of aromatic nitrogens is 1. The topological polar surface area (TPSA) is 59.2 Å². The van der Waals surface area contributed by atoms with Crippen LogP contribution in [0.4, 0.5) is 0 Å². The fourth-order valence-electron chi connectivity index (χ4n) is 2.41. The van der Waals surface area contributed by atoms with Crippen molar-refractivity contribution in [3.8, 4) is 0 Å². The number of hydrogen-bond acceptors (Lipinski definition) is 3. The summed E-state index contributed by atoms with van der Waals surface area (Å²) in [5.74, 6) is 0.133. The van der Waals surface area contributed by atoms with Crippen LogP contribution in [-0.2, 0) is 11.2 Å². The molecule has 2 heterocycles. The lowest BCUT2D eigenvalue weighted by Gasteiger charge is -2.34. The molecule has 1 fully saturated rings. The fourth-order valence-corrected chi connectivity index (χ4v) is 2.41. The number of rotatable bonds is 3. The van der Waals surface area contributed by atoms with Crippen LogP contribution in [0.2, 0.25) is 0 Å². The van der Waals surface area contributed by atoms with Crippen molar-refractivity contribution in [1.82, 2.24) is 9.88 Å². The number of pyridine rings is 1. The summed E-state index contributed by atoms with van der Waals surface area (Å²) in [7, 11) is 0. The van der Waals surface area contributed by atoms with Gasteiger partial charge in [-0.2, -0.15) is 0 Å². The average Bonchev–Trinajstić information content (AvgIpc) is 2.73. The Hall–Kier alpha value is -1.42. The van der Waals surface area contributed by atoms with Gasteiger partial charge in [-0.25, -0.2) is 0 Å². The molecule has 1 amide bonds. The molecule has 0 aliphatic carbocycles. The van der Waals surface area contributed by atoms with E-state index in [4.69, 9.17) is 5.73 Å². The minimum absolute atomic E-state index is 0.133. The van der Waals surface area contributed by atoms with Crippen molar-refractivity contribution in [2.75, 3.05) is 13.1 Å². The van der Waals surface area contributed by atoms with Gasteiger partial charge in [-0.05, 0) is 31.9 Å². The number of likely N-dealkylation sites (tertiary alicyclic amines) is 1. The van der Waals surface area contributed by atoms with Crippen LogP contribution < -0.4 is 5.73 Å². The summed E-state index contributed by atoms with van der Waals surface area (Å²) in [6.07, 6.45) is 4.13. The van der Waals surface area contributed by atoms with E-state index in [-0.39, 0.29) is 11.4 Å². The third-order valence-corrected chi connectivity index (χ3v) is 3.55. The number of nitrogens with zero attached hydrogens (tertiary/aromatic N) is 2. The lowest BCUT2D eigenvalue weighted by Crippen LogP contribution is -2.50. The van der Waals surface area contributed by atoms with Gasteiger partial charge in [-0.15, -0.1) is 0 Å². The molecule has 0 aromatic carbocycles. The van der Waals surface area contributed by atoms with Gasteiger partial charge in [0.1, 0.15) is 0 Å². The first-order valence-corrected chi connectivity index (χ1v) is 6.06. The summed E-state index contributed by atoms with van der Waals surface area (Å²) < 4.78 is 0. The number of carbonyl (C=O) groups excluding carboxylic acids is 1. The molecule has 4 nitrogen and oxygen atoms in total. The molecular formula is C13H19N3O. The minimum atomic E-state index is -0.161. The Morgan fingerprint density at radius 1 is 1.59 bits per heavy atom. The van der Waals surface area contributed by atoms with Gasteiger partial charge in [-0.1, -0.05) is 6.07 Å². The summed E-state index contributed by atoms with van der Waals surface area (Å²) in [6, 6.07) is 5.64. The van der Waals surface area contributed by atoms with Crippen molar-refractivity contribution in [2.45, 2.75) is 31.7 Å². The van der Waals surface area contributed by atoms with Crippen LogP contribution >= 0.6 is 0 Å². The largest absolute Gasteiger partial charge is 0.336 e. The molecule has 0 bridgehead atoms. The number of hydrogen-bond donors (Lipinski definition) is 1. The van der Waals surface area contributed by atoms with E-state index in [0.29, 0.717) is 13.0 Å². The Kier molecular flexibility index (Phi) is 3.43. The standard InChI is InChI=1S/C13H19N3O/c1-13(10-14)6-4-8-16(13)12(17)9-11-5-2-3-7-15-11/h2-3,5,7H,4,6,8-10,14H2,1H3. The average molecular weight is 233 g/mol. The first-order valence-electron chi connectivity index (χ1n) is 6.06. The van der Waals surface area contributed by atoms with E-state index in [0.717, 1.165) is 25.1 Å². The zero-order valence-corrected chi connectivity index (χ0v) is 10.2. The molecule has 4 heteroatoms. The first kappa shape index (κ1) is 12.0. The van der Waals surface area contributed by atoms with E-state index in [1.807, 2.05) is 23.1 Å². The zero-order valence-electron chi connectivity index (χ0n) is 10.2. The fraction of sp³-hybridized carbons (Fsp3) is 0.538. The number of amides is 1. The van der Waals surface area contributed by atoms with Crippen LogP contribution in [0.3, 0.4) is 0 Å². The molecule has 92 valence electrons. The van der Waals surface area contributed by atoms with Gasteiger partial charge < -0.3 is 10.6 Å². The van der Waals surface area contributed by atoms with Crippen LogP contribution in [-0.4, -0.2) is 34.4 Å². The highest BCUT2D eigenvalue weighted by Gasteiger charge is 2.38. The predicted molar refractivity (Wildman–Crippen MR) is 66.3 cm³/mol. The molecule has 2 rings (SSSR count). The lowest BCUT2D eigenvalue weighted by atomic mass is 9.99. The summed E-state index contributed by atoms with van der Waals surface area (Å²) in [4.78, 5) is 18.3. The monoisotopic (exact) mass is 233 g/mol. The molecule has 0 radical (unpaired) electrons. The highest BCUT2D eigenvalue weighted by Crippen LogP contribution is 2.28. The summed E-state index contributed by atoms with van der Waals surface area (Å²) in [5.41, 5.74) is 6.44. The SMILES string of the molecule is CC1(CN)CCCN1C(=O)Cc1ccccn1. The quantitative estimate of drug-likeness (QED) is 0.846. The molecule has 1 atom stereocenters. The van der Waals surface area contributed by atoms with Crippen LogP contribution in [0.15, 0.2) is 24.4 Å². The molecule has 1 aliphatic rings. The molecule has 1 aliphatic heterocycles. The molecule has 0 saturated carbocycles. The van der Waals surface area contributed by atoms with Gasteiger partial charge in [0.25, 0.3) is 0 Å². The molecule has 0 spiro atoms. The van der Waals surface area contributed by atoms with Gasteiger partial charge in [-0.3, -0.25) is 9.78 Å². The Morgan fingerprint density at radius 3 is 3.06 bits per heavy atom. The summed E-state index contributed by atoms with van der Waals surface area (Å²) in [5, 5.41) is 0. The first-order chi connectivity index (χ1) is 8.15. The van der Waals surface area contributed by atoms with Gasteiger partial charge in [0.05, 0.1) is 12.0 Å². The minimum Gasteiger partial charge on any atom is -0.336 e. The molecule has 1 saturated heterocycles. The molecule has 2 N–H and O–H groups in total. The second kappa shape index (κ2) is 4.84. The van der Waals surface area contributed by atoms with Crippen molar-refractivity contribution in [3.63, 3.8) is 0 Å². The Balaban J connectivity index is 2.06. The number of carbonyl (C=O) groups is 1. The van der Waals surface area contributed by atoms with E-state index in [1.54, 1.807) is 6.20 Å². The van der Waals surface area contributed by atoms with Crippen LogP contribution in [0.25, 0.3) is 0 Å². The lowest BCUT2D eigenvalue weighted by molar-refractivity contribution is -0.133. The van der Waals surface area contributed by atoms with E-state index in [1.165, 1.54) is 0 Å². The van der Waals surface area contributed by atoms with Gasteiger partial charge in [0.15, 0.2) is 0 Å². The van der Waals surface area contributed by atoms with Crippen LogP contribution in [0, 0.1) is 0 Å².